The first kappa shape index (κ1) is 24.9. The van der Waals surface area contributed by atoms with Crippen LogP contribution in [0.15, 0.2) is 58.2 Å². The molecule has 0 aliphatic heterocycles. The summed E-state index contributed by atoms with van der Waals surface area (Å²) in [5.74, 6) is -1.60. The second-order valence-corrected chi connectivity index (χ2v) is 8.70. The molecule has 2 aromatic carbocycles. The molecule has 180 valence electrons. The maximum atomic E-state index is 13.5. The molecule has 3 N–H and O–H groups in total. The molecule has 0 saturated carbocycles. The van der Waals surface area contributed by atoms with E-state index >= 15 is 0 Å². The predicted octanol–water partition coefficient (Wildman–Crippen LogP) is 5.22. The highest BCUT2D eigenvalue weighted by molar-refractivity contribution is 7.98. The second kappa shape index (κ2) is 11.0. The van der Waals surface area contributed by atoms with Crippen LogP contribution in [0.3, 0.4) is 0 Å². The van der Waals surface area contributed by atoms with E-state index < -0.39 is 11.6 Å². The maximum absolute atomic E-state index is 13.5. The van der Waals surface area contributed by atoms with Gasteiger partial charge in [0.15, 0.2) is 11.6 Å². The fourth-order valence-corrected chi connectivity index (χ4v) is 4.46. The Bertz CT molecular complexity index is 1490. The number of thioether (sulfide) groups is 1. The summed E-state index contributed by atoms with van der Waals surface area (Å²) in [7, 11) is 0. The molecular formula is C26H19F2N5O2S. The molecule has 2 heterocycles. The van der Waals surface area contributed by atoms with Gasteiger partial charge in [0.2, 0.25) is 5.89 Å². The van der Waals surface area contributed by atoms with Crippen LogP contribution in [0.2, 0.25) is 0 Å². The first-order valence-electron chi connectivity index (χ1n) is 10.8. The topological polar surface area (TPSA) is 133 Å². The zero-order valence-electron chi connectivity index (χ0n) is 18.8. The minimum Gasteiger partial charge on any atom is -0.444 e. The molecule has 0 aliphatic carbocycles. The number of nitriles is 2. The van der Waals surface area contributed by atoms with Crippen molar-refractivity contribution < 1.29 is 18.3 Å². The van der Waals surface area contributed by atoms with Crippen LogP contribution in [0.5, 0.6) is 0 Å². The standard InChI is InChI=1S/C26H19F2N5O2S/c27-21-8-7-17(10-22(21)28)25-32-18(13-35-25)14-36-26-20(12-30)23(19(11-29)24(31)33-26)16-5-3-15(4-6-16)2-1-9-34/h3-8,10,13,34H,1-2,9,14H2,(H2,31,33). The van der Waals surface area contributed by atoms with E-state index in [1.165, 1.54) is 24.1 Å². The Morgan fingerprint density at radius 3 is 2.36 bits per heavy atom. The number of rotatable bonds is 8. The van der Waals surface area contributed by atoms with Crippen LogP contribution >= 0.6 is 11.8 Å². The minimum atomic E-state index is -1.01. The van der Waals surface area contributed by atoms with Crippen LogP contribution in [0.4, 0.5) is 14.6 Å². The predicted molar refractivity (Wildman–Crippen MR) is 130 cm³/mol. The largest absolute Gasteiger partial charge is 0.444 e. The quantitative estimate of drug-likeness (QED) is 0.313. The summed E-state index contributed by atoms with van der Waals surface area (Å²) in [4.78, 5) is 8.58. The molecule has 2 aromatic heterocycles. The van der Waals surface area contributed by atoms with E-state index in [4.69, 9.17) is 15.3 Å². The molecule has 0 aliphatic rings. The van der Waals surface area contributed by atoms with Crippen molar-refractivity contribution in [2.24, 2.45) is 0 Å². The maximum Gasteiger partial charge on any atom is 0.226 e. The van der Waals surface area contributed by atoms with Gasteiger partial charge in [-0.15, -0.1) is 0 Å². The van der Waals surface area contributed by atoms with Crippen LogP contribution in [-0.2, 0) is 12.2 Å². The number of aliphatic hydroxyl groups excluding tert-OH is 1. The lowest BCUT2D eigenvalue weighted by atomic mass is 9.95. The third-order valence-corrected chi connectivity index (χ3v) is 6.37. The van der Waals surface area contributed by atoms with Gasteiger partial charge in [0, 0.05) is 23.5 Å². The van der Waals surface area contributed by atoms with Crippen molar-refractivity contribution in [1.82, 2.24) is 9.97 Å². The molecule has 4 aromatic rings. The highest BCUT2D eigenvalue weighted by Crippen LogP contribution is 2.37. The molecule has 36 heavy (non-hydrogen) atoms. The number of benzene rings is 2. The molecule has 0 saturated heterocycles. The van der Waals surface area contributed by atoms with E-state index in [1.807, 2.05) is 24.3 Å². The number of aryl methyl sites for hydroxylation is 1. The molecule has 0 amide bonds. The van der Waals surface area contributed by atoms with Gasteiger partial charge >= 0.3 is 0 Å². The summed E-state index contributed by atoms with van der Waals surface area (Å²) in [6, 6.07) is 14.9. The fraction of sp³-hybridized carbons (Fsp3) is 0.154. The molecule has 7 nitrogen and oxygen atoms in total. The van der Waals surface area contributed by atoms with Gasteiger partial charge in [-0.2, -0.15) is 10.5 Å². The number of halogens is 2. The van der Waals surface area contributed by atoms with Crippen LogP contribution in [0.25, 0.3) is 22.6 Å². The SMILES string of the molecule is N#Cc1c(N)nc(SCc2coc(-c3ccc(F)c(F)c3)n2)c(C#N)c1-c1ccc(CCCO)cc1. The Hall–Kier alpha value is -4.25. The second-order valence-electron chi connectivity index (χ2n) is 7.74. The smallest absolute Gasteiger partial charge is 0.226 e. The Morgan fingerprint density at radius 1 is 0.972 bits per heavy atom. The normalized spacial score (nSPS) is 10.7. The number of oxazole rings is 1. The van der Waals surface area contributed by atoms with Crippen molar-refractivity contribution >= 4 is 17.6 Å². The molecule has 0 fully saturated rings. The third-order valence-electron chi connectivity index (χ3n) is 5.36. The number of nitrogen functional groups attached to an aromatic ring is 1. The first-order chi connectivity index (χ1) is 17.4. The average Bonchev–Trinajstić information content (AvgIpc) is 3.37. The number of anilines is 1. The van der Waals surface area contributed by atoms with Gasteiger partial charge in [-0.1, -0.05) is 36.0 Å². The van der Waals surface area contributed by atoms with Gasteiger partial charge in [-0.25, -0.2) is 18.7 Å². The van der Waals surface area contributed by atoms with Gasteiger partial charge in [0.1, 0.15) is 34.8 Å². The summed E-state index contributed by atoms with van der Waals surface area (Å²) in [5.41, 5.74) is 9.23. The van der Waals surface area contributed by atoms with Gasteiger partial charge in [0.25, 0.3) is 0 Å². The highest BCUT2D eigenvalue weighted by Gasteiger charge is 2.21. The van der Waals surface area contributed by atoms with E-state index in [2.05, 4.69) is 22.1 Å². The van der Waals surface area contributed by atoms with E-state index in [-0.39, 0.29) is 40.8 Å². The number of nitrogens with two attached hydrogens (primary N) is 1. The van der Waals surface area contributed by atoms with Crippen LogP contribution in [-0.4, -0.2) is 21.7 Å². The van der Waals surface area contributed by atoms with Gasteiger partial charge < -0.3 is 15.3 Å². The summed E-state index contributed by atoms with van der Waals surface area (Å²) in [6.45, 7) is 0.0915. The molecule has 0 bridgehead atoms. The fourth-order valence-electron chi connectivity index (χ4n) is 3.59. The average molecular weight is 504 g/mol. The Balaban J connectivity index is 1.63. The van der Waals surface area contributed by atoms with Gasteiger partial charge in [0.05, 0.1) is 11.3 Å². The first-order valence-corrected chi connectivity index (χ1v) is 11.8. The lowest BCUT2D eigenvalue weighted by Gasteiger charge is -2.13. The van der Waals surface area contributed by atoms with E-state index in [0.29, 0.717) is 34.7 Å². The Labute approximate surface area is 209 Å². The summed E-state index contributed by atoms with van der Waals surface area (Å²) < 4.78 is 32.2. The molecule has 0 unspecified atom stereocenters. The lowest BCUT2D eigenvalue weighted by Crippen LogP contribution is -2.03. The highest BCUT2D eigenvalue weighted by atomic mass is 32.2. The molecule has 0 spiro atoms. The summed E-state index contributed by atoms with van der Waals surface area (Å²) >= 11 is 1.19. The Kier molecular flexibility index (Phi) is 7.59. The van der Waals surface area contributed by atoms with Crippen molar-refractivity contribution in [2.75, 3.05) is 12.3 Å². The zero-order chi connectivity index (χ0) is 25.7. The molecule has 0 radical (unpaired) electrons. The lowest BCUT2D eigenvalue weighted by molar-refractivity contribution is 0.288. The van der Waals surface area contributed by atoms with Gasteiger partial charge in [-0.3, -0.25) is 0 Å². The molecule has 0 atom stereocenters. The minimum absolute atomic E-state index is 0.000913. The van der Waals surface area contributed by atoms with Gasteiger partial charge in [-0.05, 0) is 42.2 Å². The third kappa shape index (κ3) is 5.20. The van der Waals surface area contributed by atoms with Crippen LogP contribution < -0.4 is 5.73 Å². The van der Waals surface area contributed by atoms with Crippen molar-refractivity contribution in [2.45, 2.75) is 23.6 Å². The van der Waals surface area contributed by atoms with Crippen LogP contribution in [0.1, 0.15) is 28.8 Å². The number of aromatic nitrogens is 2. The van der Waals surface area contributed by atoms with Crippen molar-refractivity contribution in [1.29, 1.82) is 10.5 Å². The number of aliphatic hydroxyl groups is 1. The van der Waals surface area contributed by atoms with E-state index in [9.17, 15) is 19.3 Å². The van der Waals surface area contributed by atoms with Crippen LogP contribution in [0, 0.1) is 34.3 Å². The summed E-state index contributed by atoms with van der Waals surface area (Å²) in [6.07, 6.45) is 2.72. The van der Waals surface area contributed by atoms with Crippen molar-refractivity contribution in [3.8, 4) is 34.7 Å². The number of pyridine rings is 1. The zero-order valence-corrected chi connectivity index (χ0v) is 19.6. The number of nitrogens with zero attached hydrogens (tertiary/aromatic N) is 4. The molecule has 4 rings (SSSR count). The van der Waals surface area contributed by atoms with E-state index in [1.54, 1.807) is 0 Å². The van der Waals surface area contributed by atoms with Crippen molar-refractivity contribution in [3.63, 3.8) is 0 Å². The number of hydrogen-bond donors (Lipinski definition) is 2. The molecular weight excluding hydrogens is 484 g/mol. The van der Waals surface area contributed by atoms with E-state index in [0.717, 1.165) is 17.7 Å². The summed E-state index contributed by atoms with van der Waals surface area (Å²) in [5, 5.41) is 29.0. The Morgan fingerprint density at radius 2 is 1.69 bits per heavy atom. The molecule has 10 heteroatoms. The van der Waals surface area contributed by atoms with Crippen molar-refractivity contribution in [3.05, 3.63) is 82.7 Å². The number of hydrogen-bond acceptors (Lipinski definition) is 8. The monoisotopic (exact) mass is 503 g/mol.